The first-order valence-corrected chi connectivity index (χ1v) is 14.2. The Morgan fingerprint density at radius 1 is 0.585 bits per heavy atom. The van der Waals surface area contributed by atoms with E-state index in [0.717, 1.165) is 39.2 Å². The summed E-state index contributed by atoms with van der Waals surface area (Å²) in [5.41, 5.74) is 12.6. The molecule has 5 aromatic carbocycles. The van der Waals surface area contributed by atoms with Crippen LogP contribution in [0.2, 0.25) is 0 Å². The fourth-order valence-corrected chi connectivity index (χ4v) is 6.50. The second-order valence-corrected chi connectivity index (χ2v) is 11.9. The van der Waals surface area contributed by atoms with Crippen molar-refractivity contribution in [1.82, 2.24) is 14.5 Å². The number of nitrogens with zero attached hydrogens (tertiary/aromatic N) is 3. The Morgan fingerprint density at radius 2 is 1.20 bits per heavy atom. The number of hydrogen-bond donors (Lipinski definition) is 0. The minimum absolute atomic E-state index is 0.0154. The van der Waals surface area contributed by atoms with Gasteiger partial charge in [0.15, 0.2) is 0 Å². The SMILES string of the molecule is CC(C)(C)c1cc(-c2cncc3nc4n(c23)-c2ccccc2-c2ccccc2-c2ccccc2-4)cc2ccccc12. The predicted molar refractivity (Wildman–Crippen MR) is 170 cm³/mol. The summed E-state index contributed by atoms with van der Waals surface area (Å²) in [6.45, 7) is 6.86. The zero-order chi connectivity index (χ0) is 27.7. The van der Waals surface area contributed by atoms with Gasteiger partial charge in [0.2, 0.25) is 0 Å². The van der Waals surface area contributed by atoms with E-state index in [-0.39, 0.29) is 5.41 Å². The molecule has 1 aliphatic rings. The maximum atomic E-state index is 5.29. The zero-order valence-electron chi connectivity index (χ0n) is 23.4. The van der Waals surface area contributed by atoms with Crippen LogP contribution >= 0.6 is 0 Å². The molecule has 0 aliphatic carbocycles. The number of rotatable bonds is 1. The lowest BCUT2D eigenvalue weighted by Gasteiger charge is -2.24. The Kier molecular flexibility index (Phi) is 5.08. The van der Waals surface area contributed by atoms with E-state index in [2.05, 4.69) is 135 Å². The van der Waals surface area contributed by atoms with Crippen molar-refractivity contribution >= 4 is 21.8 Å². The van der Waals surface area contributed by atoms with Crippen LogP contribution in [0.5, 0.6) is 0 Å². The Morgan fingerprint density at radius 3 is 1.95 bits per heavy atom. The van der Waals surface area contributed by atoms with Crippen LogP contribution in [0.3, 0.4) is 0 Å². The summed E-state index contributed by atoms with van der Waals surface area (Å²) in [6.07, 6.45) is 3.91. The number of para-hydroxylation sites is 1. The van der Waals surface area contributed by atoms with Crippen molar-refractivity contribution in [2.75, 3.05) is 0 Å². The van der Waals surface area contributed by atoms with Gasteiger partial charge in [0.1, 0.15) is 11.3 Å². The summed E-state index contributed by atoms with van der Waals surface area (Å²) in [6, 6.07) is 39.4. The highest BCUT2D eigenvalue weighted by Crippen LogP contribution is 2.46. The van der Waals surface area contributed by atoms with Gasteiger partial charge in [0.05, 0.1) is 17.4 Å². The predicted octanol–water partition coefficient (Wildman–Crippen LogP) is 9.85. The summed E-state index contributed by atoms with van der Waals surface area (Å²) in [5, 5.41) is 2.53. The van der Waals surface area contributed by atoms with Gasteiger partial charge in [0.25, 0.3) is 0 Å². The van der Waals surface area contributed by atoms with E-state index in [4.69, 9.17) is 9.97 Å². The van der Waals surface area contributed by atoms with E-state index in [1.54, 1.807) is 0 Å². The molecule has 0 unspecified atom stereocenters. The van der Waals surface area contributed by atoms with E-state index < -0.39 is 0 Å². The average Bonchev–Trinajstić information content (AvgIpc) is 3.39. The van der Waals surface area contributed by atoms with Gasteiger partial charge in [-0.3, -0.25) is 9.55 Å². The van der Waals surface area contributed by atoms with E-state index in [0.29, 0.717) is 0 Å². The zero-order valence-corrected chi connectivity index (χ0v) is 23.4. The van der Waals surface area contributed by atoms with Crippen molar-refractivity contribution in [2.24, 2.45) is 0 Å². The number of benzene rings is 5. The first kappa shape index (κ1) is 23.8. The molecule has 0 saturated carbocycles. The summed E-state index contributed by atoms with van der Waals surface area (Å²) < 4.78 is 2.36. The molecule has 0 saturated heterocycles. The van der Waals surface area contributed by atoms with E-state index in [1.807, 2.05) is 12.4 Å². The van der Waals surface area contributed by atoms with E-state index in [1.165, 1.54) is 38.6 Å². The number of pyridine rings is 1. The Bertz CT molecular complexity index is 2140. The lowest BCUT2D eigenvalue weighted by molar-refractivity contribution is 0.596. The Hall–Kier alpha value is -5.02. The number of aromatic nitrogens is 3. The molecule has 41 heavy (non-hydrogen) atoms. The van der Waals surface area contributed by atoms with Crippen LogP contribution in [0.1, 0.15) is 26.3 Å². The first-order chi connectivity index (χ1) is 20.0. The molecule has 3 heteroatoms. The highest BCUT2D eigenvalue weighted by atomic mass is 15.1. The van der Waals surface area contributed by atoms with Crippen molar-refractivity contribution in [1.29, 1.82) is 0 Å². The maximum Gasteiger partial charge on any atom is 0.146 e. The third kappa shape index (κ3) is 3.59. The minimum atomic E-state index is -0.0154. The molecule has 0 N–H and O–H groups in total. The average molecular weight is 528 g/mol. The molecule has 0 amide bonds. The number of fused-ring (bicyclic) bond motifs is 11. The summed E-state index contributed by atoms with van der Waals surface area (Å²) in [7, 11) is 0. The fraction of sp³-hybridized carbons (Fsp3) is 0.105. The molecule has 0 bridgehead atoms. The van der Waals surface area contributed by atoms with E-state index in [9.17, 15) is 0 Å². The molecule has 196 valence electrons. The van der Waals surface area contributed by atoms with Crippen molar-refractivity contribution in [3.63, 3.8) is 0 Å². The molecule has 3 nitrogen and oxygen atoms in total. The second kappa shape index (κ2) is 8.74. The van der Waals surface area contributed by atoms with Gasteiger partial charge >= 0.3 is 0 Å². The second-order valence-electron chi connectivity index (χ2n) is 11.9. The van der Waals surface area contributed by atoms with Crippen LogP contribution in [0, 0.1) is 0 Å². The smallest absolute Gasteiger partial charge is 0.146 e. The molecule has 3 heterocycles. The number of imidazole rings is 1. The third-order valence-electron chi connectivity index (χ3n) is 8.36. The molecule has 8 rings (SSSR count). The minimum Gasteiger partial charge on any atom is -0.291 e. The Labute approximate surface area is 239 Å². The monoisotopic (exact) mass is 527 g/mol. The molecule has 0 fully saturated rings. The fourth-order valence-electron chi connectivity index (χ4n) is 6.50. The lowest BCUT2D eigenvalue weighted by atomic mass is 9.82. The topological polar surface area (TPSA) is 30.7 Å². The lowest BCUT2D eigenvalue weighted by Crippen LogP contribution is -2.12. The summed E-state index contributed by atoms with van der Waals surface area (Å²) in [5.74, 6) is 0.934. The molecule has 0 radical (unpaired) electrons. The van der Waals surface area contributed by atoms with Gasteiger partial charge < -0.3 is 0 Å². The molecule has 0 atom stereocenters. The van der Waals surface area contributed by atoms with Crippen LogP contribution < -0.4 is 0 Å². The van der Waals surface area contributed by atoms with Gasteiger partial charge in [-0.15, -0.1) is 0 Å². The Balaban J connectivity index is 1.53. The summed E-state index contributed by atoms with van der Waals surface area (Å²) >= 11 is 0. The van der Waals surface area contributed by atoms with Crippen LogP contribution in [0.4, 0.5) is 0 Å². The van der Waals surface area contributed by atoms with Gasteiger partial charge in [-0.2, -0.15) is 0 Å². The van der Waals surface area contributed by atoms with Gasteiger partial charge in [0, 0.05) is 22.9 Å². The van der Waals surface area contributed by atoms with Crippen molar-refractivity contribution in [2.45, 2.75) is 26.2 Å². The normalized spacial score (nSPS) is 12.3. The largest absolute Gasteiger partial charge is 0.291 e. The standard InChI is InChI=1S/C38H29N3/c1-38(2,3)33-21-25(20-24-12-4-5-13-26(24)33)32-22-39-23-34-36(32)41-35-19-11-10-17-30(35)28-15-7-6-14-27(28)29-16-8-9-18-31(29)37(41)40-34/h4-23H,1-3H3. The number of hydrogen-bond acceptors (Lipinski definition) is 2. The molecule has 0 spiro atoms. The summed E-state index contributed by atoms with van der Waals surface area (Å²) in [4.78, 5) is 10.0. The van der Waals surface area contributed by atoms with Crippen LogP contribution in [-0.4, -0.2) is 14.5 Å². The van der Waals surface area contributed by atoms with Crippen LogP contribution in [-0.2, 0) is 5.41 Å². The third-order valence-corrected chi connectivity index (χ3v) is 8.36. The van der Waals surface area contributed by atoms with Crippen LogP contribution in [0.15, 0.2) is 122 Å². The molecule has 1 aliphatic heterocycles. The van der Waals surface area contributed by atoms with Crippen molar-refractivity contribution in [3.8, 4) is 50.5 Å². The van der Waals surface area contributed by atoms with Gasteiger partial charge in [-0.25, -0.2) is 4.98 Å². The van der Waals surface area contributed by atoms with Crippen LogP contribution in [0.25, 0.3) is 72.3 Å². The molecular weight excluding hydrogens is 498 g/mol. The first-order valence-electron chi connectivity index (χ1n) is 14.2. The highest BCUT2D eigenvalue weighted by molar-refractivity contribution is 6.02. The van der Waals surface area contributed by atoms with Gasteiger partial charge in [-0.1, -0.05) is 112 Å². The highest BCUT2D eigenvalue weighted by Gasteiger charge is 2.26. The van der Waals surface area contributed by atoms with Gasteiger partial charge in [-0.05, 0) is 62.2 Å². The maximum absolute atomic E-state index is 5.29. The quantitative estimate of drug-likeness (QED) is 0.213. The molecule has 7 aromatic rings. The molecular formula is C38H29N3. The van der Waals surface area contributed by atoms with E-state index >= 15 is 0 Å². The van der Waals surface area contributed by atoms with Crippen molar-refractivity contribution < 1.29 is 0 Å². The molecule has 2 aromatic heterocycles. The van der Waals surface area contributed by atoms with Crippen molar-refractivity contribution in [3.05, 3.63) is 127 Å².